The van der Waals surface area contributed by atoms with Crippen molar-refractivity contribution < 1.29 is 19.5 Å². The van der Waals surface area contributed by atoms with E-state index in [1.807, 2.05) is 55.5 Å². The quantitative estimate of drug-likeness (QED) is 0.402. The van der Waals surface area contributed by atoms with Crippen molar-refractivity contribution in [2.24, 2.45) is 16.3 Å². The lowest BCUT2D eigenvalue weighted by atomic mass is 9.81. The number of carbonyl (C=O) groups excluding carboxylic acids is 3. The highest BCUT2D eigenvalue weighted by molar-refractivity contribution is 6.20. The standard InChI is InChI=1S/C32H34N4O4/c1-3-21-9-8-10-23(17-21)34-29(39)18-26-31(40)36(19-28(38)32(2,20-37)22-14-15-22)27-13-5-4-11-24(27)30(35-26)25-12-6-7-16-33-25/h4-13,16-17,22,26,37H,3,14-15,18-20H2,1-2H3,(H,34,39)/t26-,32+/m0/s1. The van der Waals surface area contributed by atoms with Crippen LogP contribution in [-0.2, 0) is 20.8 Å². The molecule has 2 amide bonds. The van der Waals surface area contributed by atoms with E-state index < -0.39 is 17.4 Å². The number of hydrogen-bond donors (Lipinski definition) is 2. The van der Waals surface area contributed by atoms with Crippen LogP contribution in [0.15, 0.2) is 77.9 Å². The highest BCUT2D eigenvalue weighted by Crippen LogP contribution is 2.46. The largest absolute Gasteiger partial charge is 0.395 e. The molecule has 2 atom stereocenters. The molecule has 206 valence electrons. The number of benzodiazepines with no additional fused rings is 1. The van der Waals surface area contributed by atoms with E-state index in [2.05, 4.69) is 10.3 Å². The molecule has 1 aliphatic carbocycles. The molecule has 2 aromatic carbocycles. The summed E-state index contributed by atoms with van der Waals surface area (Å²) in [5, 5.41) is 13.0. The zero-order valence-electron chi connectivity index (χ0n) is 22.8. The van der Waals surface area contributed by atoms with Gasteiger partial charge in [0.1, 0.15) is 6.04 Å². The third kappa shape index (κ3) is 5.58. The number of ketones is 1. The molecule has 1 aliphatic heterocycles. The van der Waals surface area contributed by atoms with Gasteiger partial charge in [0.25, 0.3) is 5.91 Å². The molecule has 8 nitrogen and oxygen atoms in total. The maximum absolute atomic E-state index is 14.1. The SMILES string of the molecule is CCc1cccc(NC(=O)C[C@@H]2N=C(c3ccccn3)c3ccccc3N(CC(=O)[C@](C)(CO)C3CC3)C2=O)c1. The Kier molecular flexibility index (Phi) is 7.89. The number of rotatable bonds is 10. The number of aryl methyl sites for hydroxylation is 1. The Balaban J connectivity index is 1.52. The Labute approximate surface area is 234 Å². The first kappa shape index (κ1) is 27.4. The number of amides is 2. The third-order valence-corrected chi connectivity index (χ3v) is 7.94. The van der Waals surface area contributed by atoms with E-state index in [9.17, 15) is 19.5 Å². The number of para-hydroxylation sites is 1. The first-order valence-electron chi connectivity index (χ1n) is 13.8. The zero-order valence-corrected chi connectivity index (χ0v) is 22.8. The molecule has 8 heteroatoms. The van der Waals surface area contributed by atoms with Crippen LogP contribution >= 0.6 is 0 Å². The fraction of sp³-hybridized carbons (Fsp3) is 0.344. The summed E-state index contributed by atoms with van der Waals surface area (Å²) >= 11 is 0. The van der Waals surface area contributed by atoms with Crippen molar-refractivity contribution in [3.8, 4) is 0 Å². The molecule has 1 saturated carbocycles. The average molecular weight is 539 g/mol. The Bertz CT molecular complexity index is 1450. The van der Waals surface area contributed by atoms with E-state index in [4.69, 9.17) is 4.99 Å². The molecular weight excluding hydrogens is 504 g/mol. The summed E-state index contributed by atoms with van der Waals surface area (Å²) in [7, 11) is 0. The normalized spacial score (nSPS) is 18.3. The van der Waals surface area contributed by atoms with Crippen LogP contribution in [0.2, 0.25) is 0 Å². The molecule has 1 fully saturated rings. The summed E-state index contributed by atoms with van der Waals surface area (Å²) in [6.07, 6.45) is 4.03. The predicted octanol–water partition coefficient (Wildman–Crippen LogP) is 4.20. The maximum atomic E-state index is 14.1. The van der Waals surface area contributed by atoms with Crippen LogP contribution in [0, 0.1) is 11.3 Å². The smallest absolute Gasteiger partial charge is 0.252 e. The fourth-order valence-electron chi connectivity index (χ4n) is 5.24. The average Bonchev–Trinajstić information content (AvgIpc) is 3.84. The number of anilines is 2. The number of aliphatic hydroxyl groups excluding tert-OH is 1. The van der Waals surface area contributed by atoms with E-state index in [0.29, 0.717) is 28.3 Å². The molecule has 0 unspecified atom stereocenters. The number of nitrogens with one attached hydrogen (secondary N) is 1. The minimum absolute atomic E-state index is 0.100. The van der Waals surface area contributed by atoms with E-state index in [1.54, 1.807) is 31.3 Å². The molecule has 5 rings (SSSR count). The van der Waals surface area contributed by atoms with E-state index in [0.717, 1.165) is 24.8 Å². The lowest BCUT2D eigenvalue weighted by Gasteiger charge is -2.31. The molecule has 2 aliphatic rings. The number of aromatic nitrogens is 1. The number of nitrogens with zero attached hydrogens (tertiary/aromatic N) is 3. The van der Waals surface area contributed by atoms with E-state index >= 15 is 0 Å². The molecule has 0 saturated heterocycles. The zero-order chi connectivity index (χ0) is 28.3. The van der Waals surface area contributed by atoms with Crippen LogP contribution < -0.4 is 10.2 Å². The second-order valence-electron chi connectivity index (χ2n) is 10.7. The molecule has 2 N–H and O–H groups in total. The number of fused-ring (bicyclic) bond motifs is 1. The minimum Gasteiger partial charge on any atom is -0.395 e. The number of Topliss-reactive ketones (excluding diaryl/α,β-unsaturated/α-hetero) is 1. The van der Waals surface area contributed by atoms with Gasteiger partial charge in [0.15, 0.2) is 5.78 Å². The summed E-state index contributed by atoms with van der Waals surface area (Å²) in [5.74, 6) is -0.906. The van der Waals surface area contributed by atoms with Crippen molar-refractivity contribution in [3.63, 3.8) is 0 Å². The highest BCUT2D eigenvalue weighted by Gasteiger charge is 2.47. The van der Waals surface area contributed by atoms with Crippen molar-refractivity contribution in [3.05, 3.63) is 89.7 Å². The summed E-state index contributed by atoms with van der Waals surface area (Å²) in [5.41, 5.74) is 3.04. The Hall–Kier alpha value is -4.17. The molecule has 3 aromatic rings. The van der Waals surface area contributed by atoms with Gasteiger partial charge in [-0.25, -0.2) is 0 Å². The van der Waals surface area contributed by atoms with Crippen LogP contribution in [0.4, 0.5) is 11.4 Å². The molecule has 0 bridgehead atoms. The number of hydrogen-bond acceptors (Lipinski definition) is 6. The van der Waals surface area contributed by atoms with Gasteiger partial charge in [-0.05, 0) is 61.1 Å². The van der Waals surface area contributed by atoms with E-state index in [1.165, 1.54) is 4.90 Å². The van der Waals surface area contributed by atoms with Gasteiger partial charge in [-0.2, -0.15) is 0 Å². The summed E-state index contributed by atoms with van der Waals surface area (Å²) in [6.45, 7) is 3.31. The van der Waals surface area contributed by atoms with Crippen LogP contribution in [0.1, 0.15) is 49.9 Å². The monoisotopic (exact) mass is 538 g/mol. The first-order valence-corrected chi connectivity index (χ1v) is 13.8. The van der Waals surface area contributed by atoms with Gasteiger partial charge in [0.05, 0.1) is 42.1 Å². The lowest BCUT2D eigenvalue weighted by molar-refractivity contribution is -0.132. The van der Waals surface area contributed by atoms with Gasteiger partial charge in [0.2, 0.25) is 5.91 Å². The summed E-state index contributed by atoms with van der Waals surface area (Å²) in [6, 6.07) is 19.2. The van der Waals surface area contributed by atoms with Gasteiger partial charge >= 0.3 is 0 Å². The number of aliphatic hydroxyl groups is 1. The second kappa shape index (κ2) is 11.5. The topological polar surface area (TPSA) is 112 Å². The van der Waals surface area contributed by atoms with Gasteiger partial charge in [0, 0.05) is 17.4 Å². The van der Waals surface area contributed by atoms with Gasteiger partial charge in [-0.1, -0.05) is 50.2 Å². The van der Waals surface area contributed by atoms with Gasteiger partial charge in [-0.15, -0.1) is 0 Å². The van der Waals surface area contributed by atoms with Crippen molar-refractivity contribution in [2.45, 2.75) is 45.6 Å². The van der Waals surface area contributed by atoms with Gasteiger partial charge in [-0.3, -0.25) is 24.4 Å². The second-order valence-corrected chi connectivity index (χ2v) is 10.7. The van der Waals surface area contributed by atoms with Crippen LogP contribution in [0.25, 0.3) is 0 Å². The van der Waals surface area contributed by atoms with Crippen molar-refractivity contribution >= 4 is 34.7 Å². The van der Waals surface area contributed by atoms with Crippen molar-refractivity contribution in [2.75, 3.05) is 23.4 Å². The molecule has 2 heterocycles. The minimum atomic E-state index is -1.08. The number of aliphatic imine (C=N–C) groups is 1. The van der Waals surface area contributed by atoms with Crippen LogP contribution in [0.5, 0.6) is 0 Å². The van der Waals surface area contributed by atoms with Crippen LogP contribution in [-0.4, -0.2) is 52.6 Å². The van der Waals surface area contributed by atoms with E-state index in [-0.39, 0.29) is 37.2 Å². The number of carbonyl (C=O) groups is 3. The molecular formula is C32H34N4O4. The van der Waals surface area contributed by atoms with Crippen molar-refractivity contribution in [1.29, 1.82) is 0 Å². The van der Waals surface area contributed by atoms with Gasteiger partial charge < -0.3 is 15.3 Å². The summed E-state index contributed by atoms with van der Waals surface area (Å²) < 4.78 is 0. The molecule has 40 heavy (non-hydrogen) atoms. The molecule has 0 spiro atoms. The highest BCUT2D eigenvalue weighted by atomic mass is 16.3. The molecule has 1 aromatic heterocycles. The number of benzene rings is 2. The predicted molar refractivity (Wildman–Crippen MR) is 154 cm³/mol. The summed E-state index contributed by atoms with van der Waals surface area (Å²) in [4.78, 5) is 51.7. The Morgan fingerprint density at radius 2 is 1.85 bits per heavy atom. The van der Waals surface area contributed by atoms with Crippen molar-refractivity contribution in [1.82, 2.24) is 4.98 Å². The maximum Gasteiger partial charge on any atom is 0.252 e. The third-order valence-electron chi connectivity index (χ3n) is 7.94. The Morgan fingerprint density at radius 3 is 2.55 bits per heavy atom. The fourth-order valence-corrected chi connectivity index (χ4v) is 5.24. The lowest BCUT2D eigenvalue weighted by Crippen LogP contribution is -2.47. The number of pyridine rings is 1. The first-order chi connectivity index (χ1) is 19.3. The Morgan fingerprint density at radius 1 is 1.07 bits per heavy atom. The molecule has 0 radical (unpaired) electrons. The van der Waals surface area contributed by atoms with Crippen LogP contribution in [0.3, 0.4) is 0 Å².